The van der Waals surface area contributed by atoms with E-state index in [-0.39, 0.29) is 5.54 Å². The first kappa shape index (κ1) is 14.6. The van der Waals surface area contributed by atoms with Gasteiger partial charge in [-0.1, -0.05) is 6.07 Å². The molecule has 0 aliphatic rings. The van der Waals surface area contributed by atoms with Gasteiger partial charge in [0.25, 0.3) is 0 Å². The molecule has 2 heterocycles. The lowest BCUT2D eigenvalue weighted by Crippen LogP contribution is -2.35. The van der Waals surface area contributed by atoms with Crippen LogP contribution in [0.3, 0.4) is 0 Å². The van der Waals surface area contributed by atoms with Gasteiger partial charge in [-0.2, -0.15) is 0 Å². The van der Waals surface area contributed by atoms with Crippen LogP contribution in [-0.4, -0.2) is 17.6 Å². The molecule has 0 saturated heterocycles. The molecule has 2 aromatic heterocycles. The third kappa shape index (κ3) is 4.38. The predicted molar refractivity (Wildman–Crippen MR) is 81.6 cm³/mol. The Kier molecular flexibility index (Phi) is 4.45. The number of nitrogens with zero attached hydrogens (tertiary/aromatic N) is 2. The second-order valence-corrected chi connectivity index (χ2v) is 6.08. The van der Waals surface area contributed by atoms with Gasteiger partial charge in [0.1, 0.15) is 5.82 Å². The summed E-state index contributed by atoms with van der Waals surface area (Å²) in [7, 11) is 2.04. The average molecular weight is 273 g/mol. The molecular formula is C16H23N3O. The number of pyridine rings is 1. The second-order valence-electron chi connectivity index (χ2n) is 6.08. The Labute approximate surface area is 120 Å². The van der Waals surface area contributed by atoms with E-state index in [9.17, 15) is 0 Å². The fraction of sp³-hybridized carbons (Fsp3) is 0.438. The van der Waals surface area contributed by atoms with Crippen LogP contribution in [0.25, 0.3) is 0 Å². The highest BCUT2D eigenvalue weighted by Crippen LogP contribution is 2.14. The van der Waals surface area contributed by atoms with Gasteiger partial charge in [0, 0.05) is 31.2 Å². The highest BCUT2D eigenvalue weighted by molar-refractivity contribution is 5.39. The van der Waals surface area contributed by atoms with Crippen LogP contribution in [0, 0.1) is 0 Å². The quantitative estimate of drug-likeness (QED) is 0.908. The third-order valence-electron chi connectivity index (χ3n) is 2.98. The Bertz CT molecular complexity index is 529. The largest absolute Gasteiger partial charge is 0.472 e. The summed E-state index contributed by atoms with van der Waals surface area (Å²) in [5.41, 5.74) is 2.30. The molecule has 0 aromatic carbocycles. The van der Waals surface area contributed by atoms with Crippen molar-refractivity contribution >= 4 is 5.82 Å². The minimum Gasteiger partial charge on any atom is -0.472 e. The number of nitrogens with one attached hydrogen (secondary N) is 1. The summed E-state index contributed by atoms with van der Waals surface area (Å²) in [6.45, 7) is 8.03. The fourth-order valence-electron chi connectivity index (χ4n) is 1.87. The second kappa shape index (κ2) is 6.09. The minimum absolute atomic E-state index is 0.0976. The van der Waals surface area contributed by atoms with Gasteiger partial charge < -0.3 is 14.6 Å². The standard InChI is InChI=1S/C16H23N3O/c1-16(2,3)17-10-14-6-5-7-15(18-14)19(4)11-13-8-9-20-12-13/h5-9,12,17H,10-11H2,1-4H3. The molecule has 0 saturated carbocycles. The SMILES string of the molecule is CN(Cc1ccoc1)c1cccc(CNC(C)(C)C)n1. The smallest absolute Gasteiger partial charge is 0.128 e. The summed E-state index contributed by atoms with van der Waals surface area (Å²) >= 11 is 0. The lowest BCUT2D eigenvalue weighted by atomic mass is 10.1. The van der Waals surface area contributed by atoms with Gasteiger partial charge in [-0.05, 0) is 39.0 Å². The summed E-state index contributed by atoms with van der Waals surface area (Å²) in [5, 5.41) is 3.45. The molecule has 0 atom stereocenters. The molecular weight excluding hydrogens is 250 g/mol. The van der Waals surface area contributed by atoms with E-state index in [1.807, 2.05) is 31.3 Å². The van der Waals surface area contributed by atoms with Crippen LogP contribution in [-0.2, 0) is 13.1 Å². The van der Waals surface area contributed by atoms with Crippen molar-refractivity contribution < 1.29 is 4.42 Å². The number of hydrogen-bond acceptors (Lipinski definition) is 4. The molecule has 0 radical (unpaired) electrons. The number of rotatable bonds is 5. The van der Waals surface area contributed by atoms with Crippen LogP contribution in [0.15, 0.2) is 41.2 Å². The van der Waals surface area contributed by atoms with E-state index in [1.54, 1.807) is 12.5 Å². The monoisotopic (exact) mass is 273 g/mol. The van der Waals surface area contributed by atoms with E-state index in [0.29, 0.717) is 0 Å². The molecule has 0 spiro atoms. The maximum absolute atomic E-state index is 5.09. The van der Waals surface area contributed by atoms with Gasteiger partial charge in [-0.3, -0.25) is 0 Å². The average Bonchev–Trinajstić information content (AvgIpc) is 2.89. The molecule has 0 amide bonds. The summed E-state index contributed by atoms with van der Waals surface area (Å²) < 4.78 is 5.09. The maximum Gasteiger partial charge on any atom is 0.128 e. The number of furan rings is 1. The molecule has 2 aromatic rings. The van der Waals surface area contributed by atoms with E-state index in [0.717, 1.165) is 30.2 Å². The predicted octanol–water partition coefficient (Wildman–Crippen LogP) is 3.20. The molecule has 2 rings (SSSR count). The molecule has 4 nitrogen and oxygen atoms in total. The zero-order chi connectivity index (χ0) is 14.6. The van der Waals surface area contributed by atoms with Crippen molar-refractivity contribution in [2.45, 2.75) is 39.4 Å². The molecule has 0 aliphatic heterocycles. The molecule has 20 heavy (non-hydrogen) atoms. The zero-order valence-electron chi connectivity index (χ0n) is 12.7. The zero-order valence-corrected chi connectivity index (χ0v) is 12.7. The molecule has 0 unspecified atom stereocenters. The first-order valence-electron chi connectivity index (χ1n) is 6.87. The molecule has 108 valence electrons. The molecule has 0 aliphatic carbocycles. The number of aromatic nitrogens is 1. The Morgan fingerprint density at radius 1 is 1.25 bits per heavy atom. The van der Waals surface area contributed by atoms with Crippen molar-refractivity contribution in [1.29, 1.82) is 0 Å². The molecule has 1 N–H and O–H groups in total. The van der Waals surface area contributed by atoms with Crippen molar-refractivity contribution in [3.05, 3.63) is 48.0 Å². The van der Waals surface area contributed by atoms with Crippen molar-refractivity contribution in [3.63, 3.8) is 0 Å². The number of anilines is 1. The lowest BCUT2D eigenvalue weighted by Gasteiger charge is -2.21. The van der Waals surface area contributed by atoms with Crippen molar-refractivity contribution in [2.24, 2.45) is 0 Å². The molecule has 4 heteroatoms. The Morgan fingerprint density at radius 3 is 2.70 bits per heavy atom. The topological polar surface area (TPSA) is 41.3 Å². The van der Waals surface area contributed by atoms with Crippen molar-refractivity contribution in [3.8, 4) is 0 Å². The first-order chi connectivity index (χ1) is 9.44. The van der Waals surface area contributed by atoms with Gasteiger partial charge >= 0.3 is 0 Å². The Hall–Kier alpha value is -1.81. The van der Waals surface area contributed by atoms with E-state index in [2.05, 4.69) is 36.0 Å². The summed E-state index contributed by atoms with van der Waals surface area (Å²) in [5.74, 6) is 0.972. The first-order valence-corrected chi connectivity index (χ1v) is 6.87. The lowest BCUT2D eigenvalue weighted by molar-refractivity contribution is 0.421. The van der Waals surface area contributed by atoms with Gasteiger partial charge in [0.05, 0.1) is 18.2 Å². The summed E-state index contributed by atoms with van der Waals surface area (Å²) in [6.07, 6.45) is 3.46. The molecule has 0 bridgehead atoms. The van der Waals surface area contributed by atoms with Crippen LogP contribution in [0.2, 0.25) is 0 Å². The van der Waals surface area contributed by atoms with E-state index < -0.39 is 0 Å². The highest BCUT2D eigenvalue weighted by Gasteiger charge is 2.10. The van der Waals surface area contributed by atoms with E-state index in [1.165, 1.54) is 0 Å². The Balaban J connectivity index is 2.01. The third-order valence-corrected chi connectivity index (χ3v) is 2.98. The van der Waals surface area contributed by atoms with Crippen LogP contribution >= 0.6 is 0 Å². The number of hydrogen-bond donors (Lipinski definition) is 1. The summed E-state index contributed by atoms with van der Waals surface area (Å²) in [6, 6.07) is 8.10. The van der Waals surface area contributed by atoms with Gasteiger partial charge in [-0.25, -0.2) is 4.98 Å². The summed E-state index contributed by atoms with van der Waals surface area (Å²) in [4.78, 5) is 6.81. The van der Waals surface area contributed by atoms with Gasteiger partial charge in [-0.15, -0.1) is 0 Å². The van der Waals surface area contributed by atoms with Gasteiger partial charge in [0.2, 0.25) is 0 Å². The van der Waals surface area contributed by atoms with E-state index in [4.69, 9.17) is 4.42 Å². The maximum atomic E-state index is 5.09. The fourth-order valence-corrected chi connectivity index (χ4v) is 1.87. The minimum atomic E-state index is 0.0976. The van der Waals surface area contributed by atoms with Gasteiger partial charge in [0.15, 0.2) is 0 Å². The highest BCUT2D eigenvalue weighted by atomic mass is 16.3. The Morgan fingerprint density at radius 2 is 2.05 bits per heavy atom. The van der Waals surface area contributed by atoms with Crippen molar-refractivity contribution in [2.75, 3.05) is 11.9 Å². The van der Waals surface area contributed by atoms with Crippen LogP contribution < -0.4 is 10.2 Å². The van der Waals surface area contributed by atoms with Crippen molar-refractivity contribution in [1.82, 2.24) is 10.3 Å². The van der Waals surface area contributed by atoms with Crippen LogP contribution in [0.5, 0.6) is 0 Å². The van der Waals surface area contributed by atoms with E-state index >= 15 is 0 Å². The molecule has 0 fully saturated rings. The van der Waals surface area contributed by atoms with Crippen LogP contribution in [0.4, 0.5) is 5.82 Å². The normalized spacial score (nSPS) is 11.6. The van der Waals surface area contributed by atoms with Crippen LogP contribution in [0.1, 0.15) is 32.0 Å².